The second-order valence-corrected chi connectivity index (χ2v) is 6.62. The standard InChI is InChI=1S/C17H19IO2/c18-12-6-11-17(13-7-2-1-3-8-13)15-10-5-4-9-14(15)16(19)20-17/h1-3,7-8H,4-6,9-12H2. The summed E-state index contributed by atoms with van der Waals surface area (Å²) in [6, 6.07) is 10.3. The van der Waals surface area contributed by atoms with E-state index in [9.17, 15) is 4.79 Å². The Morgan fingerprint density at radius 1 is 1.15 bits per heavy atom. The van der Waals surface area contributed by atoms with Crippen LogP contribution in [-0.2, 0) is 15.1 Å². The van der Waals surface area contributed by atoms with Crippen molar-refractivity contribution >= 4 is 28.6 Å². The van der Waals surface area contributed by atoms with Crippen molar-refractivity contribution in [3.8, 4) is 0 Å². The number of cyclic esters (lactones) is 1. The highest BCUT2D eigenvalue weighted by molar-refractivity contribution is 14.1. The molecule has 1 aliphatic heterocycles. The molecule has 3 heteroatoms. The molecule has 0 spiro atoms. The lowest BCUT2D eigenvalue weighted by molar-refractivity contribution is -0.148. The maximum absolute atomic E-state index is 12.3. The highest BCUT2D eigenvalue weighted by Crippen LogP contribution is 2.49. The lowest BCUT2D eigenvalue weighted by Crippen LogP contribution is -2.30. The van der Waals surface area contributed by atoms with Gasteiger partial charge in [0.25, 0.3) is 0 Å². The summed E-state index contributed by atoms with van der Waals surface area (Å²) >= 11 is 2.40. The SMILES string of the molecule is O=C1OC(CCCI)(c2ccccc2)C2=C1CCCC2. The molecule has 0 radical (unpaired) electrons. The molecule has 1 heterocycles. The molecule has 0 fully saturated rings. The van der Waals surface area contributed by atoms with E-state index in [1.54, 1.807) is 0 Å². The van der Waals surface area contributed by atoms with Crippen LogP contribution < -0.4 is 0 Å². The van der Waals surface area contributed by atoms with Crippen LogP contribution in [0.5, 0.6) is 0 Å². The number of esters is 1. The van der Waals surface area contributed by atoms with E-state index in [0.29, 0.717) is 0 Å². The molecule has 1 unspecified atom stereocenters. The van der Waals surface area contributed by atoms with Crippen LogP contribution in [0.3, 0.4) is 0 Å². The van der Waals surface area contributed by atoms with Crippen LogP contribution in [0.2, 0.25) is 0 Å². The zero-order chi connectivity index (χ0) is 14.0. The first-order valence-corrected chi connectivity index (χ1v) is 8.88. The van der Waals surface area contributed by atoms with Crippen LogP contribution in [-0.4, -0.2) is 10.4 Å². The summed E-state index contributed by atoms with van der Waals surface area (Å²) in [5.74, 6) is -0.0722. The lowest BCUT2D eigenvalue weighted by Gasteiger charge is -2.32. The number of alkyl halides is 1. The minimum absolute atomic E-state index is 0.0722. The van der Waals surface area contributed by atoms with Gasteiger partial charge in [-0.15, -0.1) is 0 Å². The monoisotopic (exact) mass is 382 g/mol. The molecular weight excluding hydrogens is 363 g/mol. The van der Waals surface area contributed by atoms with Crippen LogP contribution in [0.1, 0.15) is 44.1 Å². The summed E-state index contributed by atoms with van der Waals surface area (Å²) in [5.41, 5.74) is 2.91. The van der Waals surface area contributed by atoms with E-state index in [2.05, 4.69) is 34.7 Å². The van der Waals surface area contributed by atoms with Crippen molar-refractivity contribution in [2.75, 3.05) is 4.43 Å². The summed E-state index contributed by atoms with van der Waals surface area (Å²) in [6.45, 7) is 0. The third kappa shape index (κ3) is 2.30. The molecule has 0 bridgehead atoms. The Labute approximate surface area is 133 Å². The quantitative estimate of drug-likeness (QED) is 0.435. The Morgan fingerprint density at radius 2 is 1.90 bits per heavy atom. The van der Waals surface area contributed by atoms with E-state index in [4.69, 9.17) is 4.74 Å². The normalized spacial score (nSPS) is 25.6. The van der Waals surface area contributed by atoms with Crippen molar-refractivity contribution in [3.63, 3.8) is 0 Å². The van der Waals surface area contributed by atoms with Crippen molar-refractivity contribution in [3.05, 3.63) is 47.0 Å². The van der Waals surface area contributed by atoms with Gasteiger partial charge in [-0.1, -0.05) is 52.9 Å². The molecule has 0 saturated heterocycles. The first-order valence-electron chi connectivity index (χ1n) is 7.35. The average Bonchev–Trinajstić information content (AvgIpc) is 2.80. The van der Waals surface area contributed by atoms with Gasteiger partial charge >= 0.3 is 5.97 Å². The molecule has 1 aromatic carbocycles. The molecular formula is C17H19IO2. The number of hydrogen-bond donors (Lipinski definition) is 0. The Kier molecular flexibility index (Phi) is 4.15. The van der Waals surface area contributed by atoms with Gasteiger partial charge in [0.05, 0.1) is 0 Å². The van der Waals surface area contributed by atoms with Crippen molar-refractivity contribution in [2.24, 2.45) is 0 Å². The maximum Gasteiger partial charge on any atom is 0.335 e. The van der Waals surface area contributed by atoms with Crippen LogP contribution in [0, 0.1) is 0 Å². The first kappa shape index (κ1) is 14.1. The molecule has 20 heavy (non-hydrogen) atoms. The van der Waals surface area contributed by atoms with Crippen LogP contribution >= 0.6 is 22.6 Å². The van der Waals surface area contributed by atoms with E-state index in [0.717, 1.165) is 47.7 Å². The van der Waals surface area contributed by atoms with Crippen molar-refractivity contribution < 1.29 is 9.53 Å². The molecule has 2 aliphatic rings. The molecule has 0 saturated carbocycles. The second kappa shape index (κ2) is 5.88. The lowest BCUT2D eigenvalue weighted by atomic mass is 9.77. The minimum Gasteiger partial charge on any atom is -0.446 e. The molecule has 2 nitrogen and oxygen atoms in total. The maximum atomic E-state index is 12.3. The predicted molar refractivity (Wildman–Crippen MR) is 87.8 cm³/mol. The number of carbonyl (C=O) groups excluding carboxylic acids is 1. The van der Waals surface area contributed by atoms with E-state index in [1.165, 1.54) is 12.0 Å². The van der Waals surface area contributed by atoms with Crippen LogP contribution in [0.4, 0.5) is 0 Å². The van der Waals surface area contributed by atoms with Crippen molar-refractivity contribution in [1.82, 2.24) is 0 Å². The van der Waals surface area contributed by atoms with Gasteiger partial charge in [0.1, 0.15) is 0 Å². The second-order valence-electron chi connectivity index (χ2n) is 5.54. The smallest absolute Gasteiger partial charge is 0.335 e. The van der Waals surface area contributed by atoms with E-state index in [-0.39, 0.29) is 5.97 Å². The predicted octanol–water partition coefficient (Wildman–Crippen LogP) is 4.52. The van der Waals surface area contributed by atoms with Gasteiger partial charge in [0, 0.05) is 5.57 Å². The number of carbonyl (C=O) groups is 1. The van der Waals surface area contributed by atoms with Gasteiger partial charge < -0.3 is 4.74 Å². The molecule has 3 rings (SSSR count). The average molecular weight is 382 g/mol. The zero-order valence-corrected chi connectivity index (χ0v) is 13.7. The first-order chi connectivity index (χ1) is 9.78. The summed E-state index contributed by atoms with van der Waals surface area (Å²) < 4.78 is 7.06. The third-order valence-corrected chi connectivity index (χ3v) is 5.13. The molecule has 1 atom stereocenters. The van der Waals surface area contributed by atoms with Gasteiger partial charge in [-0.25, -0.2) is 4.79 Å². The molecule has 0 N–H and O–H groups in total. The fraction of sp³-hybridized carbons (Fsp3) is 0.471. The zero-order valence-electron chi connectivity index (χ0n) is 11.5. The summed E-state index contributed by atoms with van der Waals surface area (Å²) in [5, 5.41) is 0. The van der Waals surface area contributed by atoms with Crippen LogP contribution in [0.15, 0.2) is 41.5 Å². The Morgan fingerprint density at radius 3 is 2.65 bits per heavy atom. The molecule has 0 aromatic heterocycles. The van der Waals surface area contributed by atoms with Gasteiger partial charge in [0.2, 0.25) is 0 Å². The van der Waals surface area contributed by atoms with E-state index >= 15 is 0 Å². The minimum atomic E-state index is -0.473. The number of rotatable bonds is 4. The Hall–Kier alpha value is -0.840. The summed E-state index contributed by atoms with van der Waals surface area (Å²) in [6.07, 6.45) is 6.17. The summed E-state index contributed by atoms with van der Waals surface area (Å²) in [7, 11) is 0. The largest absolute Gasteiger partial charge is 0.446 e. The Bertz CT molecular complexity index is 535. The molecule has 106 valence electrons. The van der Waals surface area contributed by atoms with Gasteiger partial charge in [-0.05, 0) is 54.1 Å². The highest BCUT2D eigenvalue weighted by Gasteiger charge is 2.48. The topological polar surface area (TPSA) is 26.3 Å². The number of ether oxygens (including phenoxy) is 1. The van der Waals surface area contributed by atoms with Crippen LogP contribution in [0.25, 0.3) is 0 Å². The Balaban J connectivity index is 2.07. The van der Waals surface area contributed by atoms with E-state index in [1.807, 2.05) is 18.2 Å². The molecule has 0 amide bonds. The highest BCUT2D eigenvalue weighted by atomic mass is 127. The fourth-order valence-electron chi connectivity index (χ4n) is 3.46. The number of benzene rings is 1. The van der Waals surface area contributed by atoms with Crippen molar-refractivity contribution in [2.45, 2.75) is 44.1 Å². The van der Waals surface area contributed by atoms with Gasteiger partial charge in [0.15, 0.2) is 5.60 Å². The fourth-order valence-corrected chi connectivity index (χ4v) is 3.84. The summed E-state index contributed by atoms with van der Waals surface area (Å²) in [4.78, 5) is 12.3. The molecule has 1 aromatic rings. The van der Waals surface area contributed by atoms with E-state index < -0.39 is 5.60 Å². The number of halogens is 1. The van der Waals surface area contributed by atoms with Gasteiger partial charge in [-0.3, -0.25) is 0 Å². The molecule has 1 aliphatic carbocycles. The van der Waals surface area contributed by atoms with Crippen molar-refractivity contribution in [1.29, 1.82) is 0 Å². The van der Waals surface area contributed by atoms with Gasteiger partial charge in [-0.2, -0.15) is 0 Å². The number of hydrogen-bond acceptors (Lipinski definition) is 2. The third-order valence-electron chi connectivity index (χ3n) is 4.37.